The van der Waals surface area contributed by atoms with Crippen molar-refractivity contribution in [3.05, 3.63) is 22.6 Å². The third-order valence-corrected chi connectivity index (χ3v) is 5.31. The van der Waals surface area contributed by atoms with Gasteiger partial charge in [-0.15, -0.1) is 0 Å². The van der Waals surface area contributed by atoms with Crippen LogP contribution in [0.2, 0.25) is 0 Å². The van der Waals surface area contributed by atoms with Crippen LogP contribution in [0.25, 0.3) is 0 Å². The topological polar surface area (TPSA) is 81.1 Å². The highest BCUT2D eigenvalue weighted by Crippen LogP contribution is 2.23. The number of aromatic nitrogens is 2. The summed E-state index contributed by atoms with van der Waals surface area (Å²) in [6.45, 7) is 3.37. The van der Waals surface area contributed by atoms with Gasteiger partial charge in [0.1, 0.15) is 0 Å². The molecule has 1 aromatic heterocycles. The van der Waals surface area contributed by atoms with Crippen molar-refractivity contribution >= 4 is 15.5 Å². The van der Waals surface area contributed by atoms with Crippen molar-refractivity contribution in [3.8, 4) is 0 Å². The molecule has 2 rings (SSSR count). The summed E-state index contributed by atoms with van der Waals surface area (Å²) in [5.41, 5.74) is 0.431. The zero-order chi connectivity index (χ0) is 14.0. The number of anilines is 1. The van der Waals surface area contributed by atoms with E-state index in [9.17, 15) is 13.2 Å². The molecule has 1 saturated carbocycles. The largest absolute Gasteiger partial charge is 0.381 e. The van der Waals surface area contributed by atoms with Gasteiger partial charge in [-0.25, -0.2) is 13.1 Å². The Balaban J connectivity index is 2.03. The third kappa shape index (κ3) is 3.79. The zero-order valence-electron chi connectivity index (χ0n) is 11.2. The lowest BCUT2D eigenvalue weighted by molar-refractivity contribution is 0.564. The van der Waals surface area contributed by atoms with E-state index in [1.54, 1.807) is 20.0 Å². The molecule has 0 atom stereocenters. The molecule has 1 N–H and O–H groups in total. The summed E-state index contributed by atoms with van der Waals surface area (Å²) in [5, 5.41) is 6.75. The Bertz CT molecular complexity index is 603. The molecule has 7 heteroatoms. The number of rotatable bonds is 6. The summed E-state index contributed by atoms with van der Waals surface area (Å²) in [5.74, 6) is -0.0625. The Kier molecular flexibility index (Phi) is 3.93. The molecule has 0 amide bonds. The van der Waals surface area contributed by atoms with Crippen LogP contribution in [-0.4, -0.2) is 35.2 Å². The standard InChI is InChI=1S/C12H19N3O3S/c1-9(2)19(17,18)6-5-15-12(16)7-11(8-13-15)14-10-3-4-10/h7-10,14H,3-6H2,1-2H3. The summed E-state index contributed by atoms with van der Waals surface area (Å²) in [6.07, 6.45) is 3.81. The Morgan fingerprint density at radius 1 is 1.47 bits per heavy atom. The number of nitrogens with zero attached hydrogens (tertiary/aromatic N) is 2. The van der Waals surface area contributed by atoms with Crippen molar-refractivity contribution in [1.29, 1.82) is 0 Å². The SMILES string of the molecule is CC(C)S(=O)(=O)CCn1ncc(NC2CC2)cc1=O. The molecular weight excluding hydrogens is 266 g/mol. The molecule has 1 aliphatic rings. The maximum Gasteiger partial charge on any atom is 0.268 e. The van der Waals surface area contributed by atoms with Gasteiger partial charge in [-0.2, -0.15) is 5.10 Å². The molecule has 0 aliphatic heterocycles. The fraction of sp³-hybridized carbons (Fsp3) is 0.667. The minimum absolute atomic E-state index is 0.0625. The Hall–Kier alpha value is -1.37. The fourth-order valence-electron chi connectivity index (χ4n) is 1.59. The lowest BCUT2D eigenvalue weighted by Gasteiger charge is -2.09. The number of hydrogen-bond acceptors (Lipinski definition) is 5. The smallest absolute Gasteiger partial charge is 0.268 e. The molecule has 0 aromatic carbocycles. The van der Waals surface area contributed by atoms with Crippen LogP contribution in [0.1, 0.15) is 26.7 Å². The average molecular weight is 285 g/mol. The van der Waals surface area contributed by atoms with E-state index in [4.69, 9.17) is 0 Å². The maximum absolute atomic E-state index is 11.8. The number of nitrogens with one attached hydrogen (secondary N) is 1. The van der Waals surface area contributed by atoms with Crippen LogP contribution < -0.4 is 10.9 Å². The molecule has 0 bridgehead atoms. The predicted molar refractivity (Wildman–Crippen MR) is 74.1 cm³/mol. The highest BCUT2D eigenvalue weighted by atomic mass is 32.2. The lowest BCUT2D eigenvalue weighted by Crippen LogP contribution is -2.28. The van der Waals surface area contributed by atoms with E-state index in [-0.39, 0.29) is 17.9 Å². The van der Waals surface area contributed by atoms with Gasteiger partial charge < -0.3 is 5.32 Å². The molecule has 0 radical (unpaired) electrons. The summed E-state index contributed by atoms with van der Waals surface area (Å²) in [4.78, 5) is 11.8. The van der Waals surface area contributed by atoms with Gasteiger partial charge in [-0.05, 0) is 26.7 Å². The molecule has 0 spiro atoms. The zero-order valence-corrected chi connectivity index (χ0v) is 12.0. The van der Waals surface area contributed by atoms with Gasteiger partial charge in [0.25, 0.3) is 5.56 Å². The first-order chi connectivity index (χ1) is 8.88. The summed E-state index contributed by atoms with van der Waals surface area (Å²) in [7, 11) is -3.15. The van der Waals surface area contributed by atoms with E-state index in [1.165, 1.54) is 10.7 Å². The van der Waals surface area contributed by atoms with Crippen molar-refractivity contribution in [2.24, 2.45) is 0 Å². The van der Waals surface area contributed by atoms with Gasteiger partial charge >= 0.3 is 0 Å². The van der Waals surface area contributed by atoms with Gasteiger partial charge in [-0.1, -0.05) is 0 Å². The van der Waals surface area contributed by atoms with Crippen LogP contribution in [0, 0.1) is 0 Å². The first kappa shape index (κ1) is 14.0. The van der Waals surface area contributed by atoms with Crippen LogP contribution in [-0.2, 0) is 16.4 Å². The van der Waals surface area contributed by atoms with E-state index in [2.05, 4.69) is 10.4 Å². The van der Waals surface area contributed by atoms with E-state index >= 15 is 0 Å². The monoisotopic (exact) mass is 285 g/mol. The van der Waals surface area contributed by atoms with Crippen LogP contribution in [0.15, 0.2) is 17.1 Å². The summed E-state index contributed by atoms with van der Waals surface area (Å²) >= 11 is 0. The Labute approximate surface area is 112 Å². The molecule has 19 heavy (non-hydrogen) atoms. The quantitative estimate of drug-likeness (QED) is 0.829. The van der Waals surface area contributed by atoms with Crippen LogP contribution in [0.5, 0.6) is 0 Å². The lowest BCUT2D eigenvalue weighted by atomic mass is 10.4. The van der Waals surface area contributed by atoms with E-state index in [0.29, 0.717) is 11.7 Å². The molecule has 1 aliphatic carbocycles. The second-order valence-electron chi connectivity index (χ2n) is 5.14. The Morgan fingerprint density at radius 3 is 2.68 bits per heavy atom. The van der Waals surface area contributed by atoms with Crippen LogP contribution in [0.4, 0.5) is 5.69 Å². The average Bonchev–Trinajstić information content (AvgIpc) is 3.11. The first-order valence-corrected chi connectivity index (χ1v) is 8.15. The maximum atomic E-state index is 11.8. The molecular formula is C12H19N3O3S. The van der Waals surface area contributed by atoms with Crippen LogP contribution in [0.3, 0.4) is 0 Å². The van der Waals surface area contributed by atoms with Crippen molar-refractivity contribution < 1.29 is 8.42 Å². The predicted octanol–water partition coefficient (Wildman–Crippen LogP) is 0.641. The van der Waals surface area contributed by atoms with Crippen molar-refractivity contribution in [2.45, 2.75) is 44.5 Å². The van der Waals surface area contributed by atoms with Gasteiger partial charge in [0.15, 0.2) is 9.84 Å². The van der Waals surface area contributed by atoms with Crippen molar-refractivity contribution in [3.63, 3.8) is 0 Å². The second kappa shape index (κ2) is 5.32. The molecule has 0 saturated heterocycles. The second-order valence-corrected chi connectivity index (χ2v) is 7.82. The minimum atomic E-state index is -3.15. The molecule has 106 valence electrons. The van der Waals surface area contributed by atoms with E-state index < -0.39 is 15.1 Å². The van der Waals surface area contributed by atoms with E-state index in [1.807, 2.05) is 0 Å². The fourth-order valence-corrected chi connectivity index (χ4v) is 2.49. The normalized spacial score (nSPS) is 15.7. The number of hydrogen-bond donors (Lipinski definition) is 1. The third-order valence-electron chi connectivity index (χ3n) is 3.12. The number of aryl methyl sites for hydroxylation is 1. The molecule has 1 aromatic rings. The van der Waals surface area contributed by atoms with Gasteiger partial charge in [0, 0.05) is 12.1 Å². The summed E-state index contributed by atoms with van der Waals surface area (Å²) < 4.78 is 24.6. The summed E-state index contributed by atoms with van der Waals surface area (Å²) in [6, 6.07) is 1.92. The Morgan fingerprint density at radius 2 is 2.16 bits per heavy atom. The molecule has 0 unspecified atom stereocenters. The first-order valence-electron chi connectivity index (χ1n) is 6.44. The molecule has 1 heterocycles. The minimum Gasteiger partial charge on any atom is -0.381 e. The van der Waals surface area contributed by atoms with Gasteiger partial charge in [0.2, 0.25) is 0 Å². The van der Waals surface area contributed by atoms with Crippen LogP contribution >= 0.6 is 0 Å². The highest BCUT2D eigenvalue weighted by molar-refractivity contribution is 7.91. The highest BCUT2D eigenvalue weighted by Gasteiger charge is 2.21. The van der Waals surface area contributed by atoms with Gasteiger partial charge in [-0.3, -0.25) is 4.79 Å². The molecule has 1 fully saturated rings. The van der Waals surface area contributed by atoms with Crippen molar-refractivity contribution in [1.82, 2.24) is 9.78 Å². The molecule has 6 nitrogen and oxygen atoms in total. The van der Waals surface area contributed by atoms with Crippen molar-refractivity contribution in [2.75, 3.05) is 11.1 Å². The van der Waals surface area contributed by atoms with Gasteiger partial charge in [0.05, 0.1) is 29.4 Å². The number of sulfone groups is 1. The van der Waals surface area contributed by atoms with E-state index in [0.717, 1.165) is 12.8 Å².